The van der Waals surface area contributed by atoms with Gasteiger partial charge in [-0.15, -0.1) is 0 Å². The molecule has 0 bridgehead atoms. The van der Waals surface area contributed by atoms with E-state index in [2.05, 4.69) is 15.0 Å². The molecule has 0 radical (unpaired) electrons. The van der Waals surface area contributed by atoms with Crippen LogP contribution in [0, 0.1) is 17.5 Å². The molecule has 54 heavy (non-hydrogen) atoms. The van der Waals surface area contributed by atoms with Crippen molar-refractivity contribution in [1.82, 2.24) is 15.0 Å². The number of carbonyl (C=O) groups is 3. The number of ether oxygens (including phenoxy) is 3. The van der Waals surface area contributed by atoms with Gasteiger partial charge >= 0.3 is 17.9 Å². The first-order valence-corrected chi connectivity index (χ1v) is 16.0. The highest BCUT2D eigenvalue weighted by Crippen LogP contribution is 2.29. The first-order valence-electron chi connectivity index (χ1n) is 16.0. The fraction of sp³-hybridized carbons (Fsp3) is 0.128. The molecule has 0 saturated carbocycles. The molecule has 0 aliphatic carbocycles. The maximum absolute atomic E-state index is 13.6. The second-order valence-electron chi connectivity index (χ2n) is 11.6. The Hall–Kier alpha value is -7.03. The number of carboxylic acids is 3. The lowest BCUT2D eigenvalue weighted by Gasteiger charge is -2.10. The SMILES string of the molecule is CC(C)=CCOc1cc(C(=O)O)nc2ccc(F)cc12.O=C(O)c1cc(OC/C=C/COc2cc(C(=O)O)nc3ccc(F)cc23)c2cc(F)ccc2n1. The van der Waals surface area contributed by atoms with E-state index in [9.17, 15) is 37.8 Å². The Morgan fingerprint density at radius 1 is 0.537 bits per heavy atom. The van der Waals surface area contributed by atoms with Crippen molar-refractivity contribution in [2.45, 2.75) is 13.8 Å². The van der Waals surface area contributed by atoms with E-state index in [4.69, 9.17) is 19.3 Å². The minimum atomic E-state index is -1.25. The van der Waals surface area contributed by atoms with Crippen LogP contribution >= 0.6 is 0 Å². The second kappa shape index (κ2) is 17.0. The topological polar surface area (TPSA) is 178 Å². The van der Waals surface area contributed by atoms with Crippen LogP contribution in [-0.4, -0.2) is 68.0 Å². The smallest absolute Gasteiger partial charge is 0.354 e. The number of hydrogen-bond acceptors (Lipinski definition) is 9. The van der Waals surface area contributed by atoms with Gasteiger partial charge in [-0.2, -0.15) is 0 Å². The van der Waals surface area contributed by atoms with Crippen molar-refractivity contribution in [1.29, 1.82) is 0 Å². The third-order valence-corrected chi connectivity index (χ3v) is 7.42. The number of carboxylic acid groups (broad SMARTS) is 3. The standard InChI is InChI=1S/C24H16F2N2O6.C15H14FNO3/c25-13-3-5-17-15(9-13)21(11-19(27-17)23(29)30)33-7-1-2-8-34-22-12-20(24(31)32)28-18-6-4-14(26)10-16(18)22;1-9(2)5-6-20-14-8-13(15(18)19)17-12-4-3-10(16)7-11(12)14/h1-6,9-12H,7-8H2,(H,29,30)(H,31,32);3-5,7-8H,6H2,1-2H3,(H,18,19)/b2-1+;. The molecule has 276 valence electrons. The molecular weight excluding hydrogens is 711 g/mol. The van der Waals surface area contributed by atoms with Crippen LogP contribution in [0.1, 0.15) is 45.3 Å². The van der Waals surface area contributed by atoms with E-state index in [1.165, 1.54) is 72.8 Å². The molecule has 0 atom stereocenters. The molecule has 0 unspecified atom stereocenters. The molecule has 0 aliphatic rings. The molecule has 6 aromatic rings. The Kier molecular flexibility index (Phi) is 12.0. The molecule has 0 fully saturated rings. The zero-order chi connectivity index (χ0) is 38.9. The van der Waals surface area contributed by atoms with E-state index in [1.54, 1.807) is 12.2 Å². The summed E-state index contributed by atoms with van der Waals surface area (Å²) in [5, 5.41) is 28.6. The average molecular weight is 742 g/mol. The number of fused-ring (bicyclic) bond motifs is 3. The van der Waals surface area contributed by atoms with Crippen molar-refractivity contribution in [2.75, 3.05) is 19.8 Å². The van der Waals surface area contributed by atoms with Gasteiger partial charge in [0.2, 0.25) is 0 Å². The molecule has 3 N–H and O–H groups in total. The van der Waals surface area contributed by atoms with Crippen LogP contribution in [0.15, 0.2) is 96.6 Å². The van der Waals surface area contributed by atoms with Crippen molar-refractivity contribution in [3.63, 3.8) is 0 Å². The van der Waals surface area contributed by atoms with Gasteiger partial charge in [-0.3, -0.25) is 0 Å². The Labute approximate surface area is 304 Å². The first-order chi connectivity index (χ1) is 25.8. The molecule has 3 heterocycles. The molecular formula is C39H30F3N3O9. The minimum absolute atomic E-state index is 0.00411. The monoisotopic (exact) mass is 741 g/mol. The fourth-order valence-electron chi connectivity index (χ4n) is 4.90. The summed E-state index contributed by atoms with van der Waals surface area (Å²) < 4.78 is 57.3. The van der Waals surface area contributed by atoms with Crippen LogP contribution in [0.3, 0.4) is 0 Å². The van der Waals surface area contributed by atoms with Gasteiger partial charge in [0.25, 0.3) is 0 Å². The Bertz CT molecular complexity index is 2360. The number of aromatic nitrogens is 3. The molecule has 15 heteroatoms. The summed E-state index contributed by atoms with van der Waals surface area (Å²) in [6.07, 6.45) is 5.01. The van der Waals surface area contributed by atoms with Crippen LogP contribution in [0.5, 0.6) is 17.2 Å². The van der Waals surface area contributed by atoms with E-state index < -0.39 is 35.4 Å². The highest BCUT2D eigenvalue weighted by Gasteiger charge is 2.15. The van der Waals surface area contributed by atoms with Crippen LogP contribution in [-0.2, 0) is 0 Å². The number of pyridine rings is 3. The van der Waals surface area contributed by atoms with Gasteiger partial charge in [0.1, 0.15) is 54.5 Å². The number of benzene rings is 3. The Morgan fingerprint density at radius 2 is 0.852 bits per heavy atom. The van der Waals surface area contributed by atoms with Gasteiger partial charge in [0, 0.05) is 34.4 Å². The van der Waals surface area contributed by atoms with Gasteiger partial charge in [-0.25, -0.2) is 42.5 Å². The molecule has 0 amide bonds. The number of allylic oxidation sites excluding steroid dienone is 1. The predicted molar refractivity (Wildman–Crippen MR) is 191 cm³/mol. The van der Waals surface area contributed by atoms with E-state index in [-0.39, 0.29) is 59.4 Å². The summed E-state index contributed by atoms with van der Waals surface area (Å²) in [7, 11) is 0. The van der Waals surface area contributed by atoms with E-state index >= 15 is 0 Å². The molecule has 3 aromatic heterocycles. The van der Waals surface area contributed by atoms with Gasteiger partial charge in [0.05, 0.1) is 16.6 Å². The average Bonchev–Trinajstić information content (AvgIpc) is 3.12. The van der Waals surface area contributed by atoms with E-state index in [1.807, 2.05) is 19.9 Å². The van der Waals surface area contributed by atoms with E-state index in [0.717, 1.165) is 5.57 Å². The lowest BCUT2D eigenvalue weighted by atomic mass is 10.1. The zero-order valence-electron chi connectivity index (χ0n) is 28.5. The second-order valence-corrected chi connectivity index (χ2v) is 11.6. The van der Waals surface area contributed by atoms with Crippen molar-refractivity contribution < 1.29 is 57.1 Å². The third-order valence-electron chi connectivity index (χ3n) is 7.42. The molecule has 6 rings (SSSR count). The largest absolute Gasteiger partial charge is 0.489 e. The highest BCUT2D eigenvalue weighted by atomic mass is 19.1. The summed E-state index contributed by atoms with van der Waals surface area (Å²) in [5.41, 5.74) is 1.40. The third kappa shape index (κ3) is 9.64. The Balaban J connectivity index is 0.000000239. The predicted octanol–water partition coefficient (Wildman–Crippen LogP) is 7.89. The summed E-state index contributed by atoms with van der Waals surface area (Å²) in [6.45, 7) is 4.15. The number of nitrogens with zero attached hydrogens (tertiary/aromatic N) is 3. The number of aromatic carboxylic acids is 3. The molecule has 0 aliphatic heterocycles. The number of hydrogen-bond donors (Lipinski definition) is 3. The first kappa shape index (κ1) is 38.2. The molecule has 0 spiro atoms. The summed E-state index contributed by atoms with van der Waals surface area (Å²) in [4.78, 5) is 45.5. The van der Waals surface area contributed by atoms with Crippen molar-refractivity contribution >= 4 is 50.6 Å². The van der Waals surface area contributed by atoms with Gasteiger partial charge in [0.15, 0.2) is 17.1 Å². The van der Waals surface area contributed by atoms with Crippen LogP contribution in [0.2, 0.25) is 0 Å². The lowest BCUT2D eigenvalue weighted by Crippen LogP contribution is -2.04. The Morgan fingerprint density at radius 3 is 1.15 bits per heavy atom. The summed E-state index contributed by atoms with van der Waals surface area (Å²) in [6, 6.07) is 15.1. The number of halogens is 3. The van der Waals surface area contributed by atoms with Crippen molar-refractivity contribution in [2.24, 2.45) is 0 Å². The number of rotatable bonds is 12. The van der Waals surface area contributed by atoms with Crippen molar-refractivity contribution in [3.05, 3.63) is 131 Å². The van der Waals surface area contributed by atoms with E-state index in [0.29, 0.717) is 27.4 Å². The maximum Gasteiger partial charge on any atom is 0.354 e. The molecule has 12 nitrogen and oxygen atoms in total. The van der Waals surface area contributed by atoms with Gasteiger partial charge < -0.3 is 29.5 Å². The minimum Gasteiger partial charge on any atom is -0.489 e. The van der Waals surface area contributed by atoms with Gasteiger partial charge in [-0.05, 0) is 86.7 Å². The lowest BCUT2D eigenvalue weighted by molar-refractivity contribution is 0.0680. The maximum atomic E-state index is 13.6. The van der Waals surface area contributed by atoms with Crippen molar-refractivity contribution in [3.8, 4) is 17.2 Å². The summed E-state index contributed by atoms with van der Waals surface area (Å²) >= 11 is 0. The normalized spacial score (nSPS) is 10.9. The molecule has 3 aromatic carbocycles. The van der Waals surface area contributed by atoms with Gasteiger partial charge in [-0.1, -0.05) is 5.57 Å². The quantitative estimate of drug-likeness (QED) is 0.104. The molecule has 0 saturated heterocycles. The van der Waals surface area contributed by atoms with Crippen LogP contribution in [0.25, 0.3) is 32.7 Å². The van der Waals surface area contributed by atoms with Crippen LogP contribution < -0.4 is 14.2 Å². The van der Waals surface area contributed by atoms with Crippen LogP contribution in [0.4, 0.5) is 13.2 Å². The highest BCUT2D eigenvalue weighted by molar-refractivity contribution is 5.95. The summed E-state index contributed by atoms with van der Waals surface area (Å²) in [5.74, 6) is -4.50. The zero-order valence-corrected chi connectivity index (χ0v) is 28.5. The fourth-order valence-corrected chi connectivity index (χ4v) is 4.90.